The van der Waals surface area contributed by atoms with E-state index in [2.05, 4.69) is 56.7 Å². The van der Waals surface area contributed by atoms with Crippen LogP contribution in [0.3, 0.4) is 0 Å². The van der Waals surface area contributed by atoms with Crippen molar-refractivity contribution in [2.24, 2.45) is 0 Å². The van der Waals surface area contributed by atoms with E-state index in [0.717, 1.165) is 27.9 Å². The van der Waals surface area contributed by atoms with Crippen molar-refractivity contribution >= 4 is 28.5 Å². The summed E-state index contributed by atoms with van der Waals surface area (Å²) in [5.74, 6) is 0.832. The minimum atomic E-state index is -0.291. The molecule has 5 aromatic rings. The Hall–Kier alpha value is -3.93. The molecule has 170 valence electrons. The van der Waals surface area contributed by atoms with Gasteiger partial charge in [0, 0.05) is 11.9 Å². The number of aryl methyl sites for hydroxylation is 1. The van der Waals surface area contributed by atoms with Gasteiger partial charge in [-0.3, -0.25) is 10.1 Å². The zero-order chi connectivity index (χ0) is 23.1. The Morgan fingerprint density at radius 3 is 2.56 bits per heavy atom. The second-order valence-corrected chi connectivity index (χ2v) is 9.25. The molecule has 1 aliphatic carbocycles. The van der Waals surface area contributed by atoms with Crippen LogP contribution in [0.5, 0.6) is 0 Å². The van der Waals surface area contributed by atoms with Crippen LogP contribution in [0.25, 0.3) is 27.8 Å². The van der Waals surface area contributed by atoms with Gasteiger partial charge in [-0.2, -0.15) is 0 Å². The van der Waals surface area contributed by atoms with E-state index in [1.165, 1.54) is 43.2 Å². The number of pyridine rings is 1. The lowest BCUT2D eigenvalue weighted by molar-refractivity contribution is 0.102. The molecule has 1 amide bonds. The number of benzene rings is 2. The molecule has 2 aromatic carbocycles. The van der Waals surface area contributed by atoms with Crippen LogP contribution < -0.4 is 5.32 Å². The van der Waals surface area contributed by atoms with Crippen LogP contribution in [0.15, 0.2) is 66.9 Å². The second-order valence-electron chi connectivity index (χ2n) is 9.25. The molecule has 2 N–H and O–H groups in total. The van der Waals surface area contributed by atoms with Crippen molar-refractivity contribution in [3.63, 3.8) is 0 Å². The number of fused-ring (bicyclic) bond motifs is 2. The van der Waals surface area contributed by atoms with Crippen LogP contribution in [0.1, 0.15) is 59.8 Å². The van der Waals surface area contributed by atoms with Crippen LogP contribution in [0, 0.1) is 6.92 Å². The summed E-state index contributed by atoms with van der Waals surface area (Å²) in [6, 6.07) is 20.9. The first-order valence-corrected chi connectivity index (χ1v) is 12.0. The molecule has 1 fully saturated rings. The average Bonchev–Trinajstić information content (AvgIpc) is 3.49. The standard InChI is InChI=1S/C28H27N5O/c1-18-6-5-9-26-29-25(17-33(18)26)27(34)32-28-30-23-15-14-22(16-24(23)31-28)21-12-10-20(11-13-21)19-7-3-2-4-8-19/h5-6,9-17,19H,2-4,7-8H2,1H3,(H2,30,31,32,34). The van der Waals surface area contributed by atoms with Crippen molar-refractivity contribution < 1.29 is 4.79 Å². The molecule has 3 aromatic heterocycles. The fraction of sp³-hybridized carbons (Fsp3) is 0.250. The van der Waals surface area contributed by atoms with Gasteiger partial charge in [0.1, 0.15) is 11.3 Å². The van der Waals surface area contributed by atoms with E-state index in [9.17, 15) is 4.79 Å². The fourth-order valence-electron chi connectivity index (χ4n) is 5.06. The zero-order valence-corrected chi connectivity index (χ0v) is 19.2. The fourth-order valence-corrected chi connectivity index (χ4v) is 5.06. The predicted octanol–water partition coefficient (Wildman–Crippen LogP) is 6.49. The maximum absolute atomic E-state index is 12.8. The first kappa shape index (κ1) is 20.7. The highest BCUT2D eigenvalue weighted by atomic mass is 16.2. The molecular weight excluding hydrogens is 422 g/mol. The van der Waals surface area contributed by atoms with E-state index in [1.54, 1.807) is 6.20 Å². The molecule has 6 heteroatoms. The van der Waals surface area contributed by atoms with E-state index in [-0.39, 0.29) is 5.91 Å². The van der Waals surface area contributed by atoms with E-state index in [0.29, 0.717) is 17.6 Å². The van der Waals surface area contributed by atoms with Crippen molar-refractivity contribution in [3.05, 3.63) is 83.8 Å². The highest BCUT2D eigenvalue weighted by molar-refractivity contribution is 6.03. The van der Waals surface area contributed by atoms with Crippen molar-refractivity contribution in [2.75, 3.05) is 5.32 Å². The molecule has 0 aliphatic heterocycles. The molecular formula is C28H27N5O. The minimum Gasteiger partial charge on any atom is -0.324 e. The third kappa shape index (κ3) is 3.85. The molecule has 3 heterocycles. The van der Waals surface area contributed by atoms with Gasteiger partial charge >= 0.3 is 0 Å². The minimum absolute atomic E-state index is 0.291. The molecule has 0 unspecified atom stereocenters. The van der Waals surface area contributed by atoms with Crippen LogP contribution in [0.4, 0.5) is 5.95 Å². The number of imidazole rings is 2. The summed E-state index contributed by atoms with van der Waals surface area (Å²) >= 11 is 0. The lowest BCUT2D eigenvalue weighted by Gasteiger charge is -2.22. The third-order valence-electron chi connectivity index (χ3n) is 6.96. The van der Waals surface area contributed by atoms with Gasteiger partial charge in [0.05, 0.1) is 11.0 Å². The summed E-state index contributed by atoms with van der Waals surface area (Å²) in [7, 11) is 0. The summed E-state index contributed by atoms with van der Waals surface area (Å²) in [4.78, 5) is 25.0. The molecule has 6 rings (SSSR count). The van der Waals surface area contributed by atoms with Crippen LogP contribution in [-0.4, -0.2) is 25.3 Å². The summed E-state index contributed by atoms with van der Waals surface area (Å²) in [5, 5.41) is 2.85. The van der Waals surface area contributed by atoms with E-state index >= 15 is 0 Å². The molecule has 0 atom stereocenters. The van der Waals surface area contributed by atoms with E-state index in [1.807, 2.05) is 35.6 Å². The summed E-state index contributed by atoms with van der Waals surface area (Å²) in [6.07, 6.45) is 8.43. The number of amides is 1. The van der Waals surface area contributed by atoms with Gasteiger partial charge in [-0.15, -0.1) is 0 Å². The predicted molar refractivity (Wildman–Crippen MR) is 135 cm³/mol. The highest BCUT2D eigenvalue weighted by Crippen LogP contribution is 2.34. The van der Waals surface area contributed by atoms with Gasteiger partial charge in [0.25, 0.3) is 5.91 Å². The molecule has 0 saturated heterocycles. The lowest BCUT2D eigenvalue weighted by atomic mass is 9.84. The van der Waals surface area contributed by atoms with E-state index in [4.69, 9.17) is 0 Å². The molecule has 34 heavy (non-hydrogen) atoms. The highest BCUT2D eigenvalue weighted by Gasteiger charge is 2.16. The summed E-state index contributed by atoms with van der Waals surface area (Å²) in [6.45, 7) is 1.98. The van der Waals surface area contributed by atoms with E-state index < -0.39 is 0 Å². The van der Waals surface area contributed by atoms with Crippen molar-refractivity contribution in [2.45, 2.75) is 44.9 Å². The molecule has 1 saturated carbocycles. The second kappa shape index (κ2) is 8.45. The number of hydrogen-bond acceptors (Lipinski definition) is 3. The monoisotopic (exact) mass is 449 g/mol. The number of nitrogens with one attached hydrogen (secondary N) is 2. The number of H-pyrrole nitrogens is 1. The average molecular weight is 450 g/mol. The molecule has 0 spiro atoms. The molecule has 1 aliphatic rings. The number of aromatic amines is 1. The first-order chi connectivity index (χ1) is 16.6. The number of aromatic nitrogens is 4. The third-order valence-corrected chi connectivity index (χ3v) is 6.96. The SMILES string of the molecule is Cc1cccc2nc(C(=O)Nc3nc4cc(-c5ccc(C6CCCCC6)cc5)ccc4[nH]3)cn12. The summed E-state index contributed by atoms with van der Waals surface area (Å²) < 4.78 is 1.90. The topological polar surface area (TPSA) is 75.1 Å². The number of anilines is 1. The number of hydrogen-bond donors (Lipinski definition) is 2. The van der Waals surface area contributed by atoms with Crippen LogP contribution in [-0.2, 0) is 0 Å². The Balaban J connectivity index is 1.22. The van der Waals surface area contributed by atoms with Gasteiger partial charge in [-0.25, -0.2) is 9.97 Å². The molecule has 0 bridgehead atoms. The Bertz CT molecular complexity index is 1490. The zero-order valence-electron chi connectivity index (χ0n) is 19.2. The van der Waals surface area contributed by atoms with Gasteiger partial charge in [0.15, 0.2) is 0 Å². The number of rotatable bonds is 4. The number of nitrogens with zero attached hydrogens (tertiary/aromatic N) is 3. The van der Waals surface area contributed by atoms with Crippen molar-refractivity contribution in [3.8, 4) is 11.1 Å². The van der Waals surface area contributed by atoms with Crippen LogP contribution in [0.2, 0.25) is 0 Å². The Morgan fingerprint density at radius 2 is 1.76 bits per heavy atom. The molecule has 6 nitrogen and oxygen atoms in total. The van der Waals surface area contributed by atoms with Gasteiger partial charge < -0.3 is 9.38 Å². The lowest BCUT2D eigenvalue weighted by Crippen LogP contribution is -2.13. The maximum atomic E-state index is 12.8. The number of carbonyl (C=O) groups excluding carboxylic acids is 1. The maximum Gasteiger partial charge on any atom is 0.278 e. The first-order valence-electron chi connectivity index (χ1n) is 12.0. The molecule has 0 radical (unpaired) electrons. The Labute approximate surface area is 198 Å². The van der Waals surface area contributed by atoms with Crippen molar-refractivity contribution in [1.29, 1.82) is 0 Å². The normalized spacial score (nSPS) is 14.6. The van der Waals surface area contributed by atoms with Gasteiger partial charge in [0.2, 0.25) is 5.95 Å². The smallest absolute Gasteiger partial charge is 0.278 e. The number of carbonyl (C=O) groups is 1. The quantitative estimate of drug-likeness (QED) is 0.329. The Morgan fingerprint density at radius 1 is 0.971 bits per heavy atom. The summed E-state index contributed by atoms with van der Waals surface area (Å²) in [5.41, 5.74) is 7.56. The van der Waals surface area contributed by atoms with Gasteiger partial charge in [-0.05, 0) is 66.6 Å². The van der Waals surface area contributed by atoms with Gasteiger partial charge in [-0.1, -0.05) is 55.7 Å². The van der Waals surface area contributed by atoms with Crippen LogP contribution >= 0.6 is 0 Å². The largest absolute Gasteiger partial charge is 0.324 e. The van der Waals surface area contributed by atoms with Crippen molar-refractivity contribution in [1.82, 2.24) is 19.4 Å². The Kier molecular flexibility index (Phi) is 5.13.